The minimum atomic E-state index is -0.532. The Morgan fingerprint density at radius 1 is 1.52 bits per heavy atom. The van der Waals surface area contributed by atoms with Crippen LogP contribution in [0.15, 0.2) is 5.38 Å². The average Bonchev–Trinajstić information content (AvgIpc) is 2.77. The van der Waals surface area contributed by atoms with E-state index in [4.69, 9.17) is 0 Å². The second-order valence-corrected chi connectivity index (χ2v) is 6.85. The molecule has 2 rings (SSSR count). The van der Waals surface area contributed by atoms with Crippen molar-refractivity contribution < 1.29 is 9.90 Å². The Bertz CT molecular complexity index is 487. The lowest BCUT2D eigenvalue weighted by Gasteiger charge is -2.21. The van der Waals surface area contributed by atoms with E-state index in [1.165, 1.54) is 11.3 Å². The van der Waals surface area contributed by atoms with E-state index in [2.05, 4.69) is 9.88 Å². The molecule has 1 N–H and O–H groups in total. The summed E-state index contributed by atoms with van der Waals surface area (Å²) < 4.78 is 0. The minimum absolute atomic E-state index is 0.0317. The molecule has 0 saturated carbocycles. The summed E-state index contributed by atoms with van der Waals surface area (Å²) in [4.78, 5) is 20.2. The number of carbonyl (C=O) groups is 1. The van der Waals surface area contributed by atoms with E-state index in [0.717, 1.165) is 49.7 Å². The van der Waals surface area contributed by atoms with Gasteiger partial charge in [0.05, 0.1) is 11.3 Å². The molecular weight excluding hydrogens is 286 g/mol. The van der Waals surface area contributed by atoms with Crippen molar-refractivity contribution in [3.8, 4) is 0 Å². The molecule has 1 aromatic heterocycles. The van der Waals surface area contributed by atoms with Gasteiger partial charge in [0, 0.05) is 31.9 Å². The number of amides is 1. The molecule has 0 aliphatic carbocycles. The zero-order valence-electron chi connectivity index (χ0n) is 13.1. The standard InChI is InChI=1S/C15H25N3O2S/c1-4-18(12(2)19)14-16-13(11-21-14)10-17-8-5-6-15(3,20)7-9-17/h11,20H,4-10H2,1-3H3. The maximum atomic E-state index is 11.5. The van der Waals surface area contributed by atoms with Gasteiger partial charge < -0.3 is 5.11 Å². The topological polar surface area (TPSA) is 56.7 Å². The van der Waals surface area contributed by atoms with Crippen molar-refractivity contribution in [3.63, 3.8) is 0 Å². The lowest BCUT2D eigenvalue weighted by atomic mass is 9.98. The Labute approximate surface area is 130 Å². The number of aromatic nitrogens is 1. The van der Waals surface area contributed by atoms with Crippen LogP contribution in [0.4, 0.5) is 5.13 Å². The van der Waals surface area contributed by atoms with Gasteiger partial charge in [0.25, 0.3) is 0 Å². The van der Waals surface area contributed by atoms with E-state index in [1.54, 1.807) is 11.8 Å². The van der Waals surface area contributed by atoms with E-state index in [-0.39, 0.29) is 5.91 Å². The number of nitrogens with zero attached hydrogens (tertiary/aromatic N) is 3. The molecule has 6 heteroatoms. The van der Waals surface area contributed by atoms with Crippen molar-refractivity contribution in [1.82, 2.24) is 9.88 Å². The second kappa shape index (κ2) is 6.85. The number of hydrogen-bond donors (Lipinski definition) is 1. The molecule has 5 nitrogen and oxygen atoms in total. The van der Waals surface area contributed by atoms with Gasteiger partial charge in [0.15, 0.2) is 5.13 Å². The number of hydrogen-bond acceptors (Lipinski definition) is 5. The largest absolute Gasteiger partial charge is 0.390 e. The maximum absolute atomic E-state index is 11.5. The minimum Gasteiger partial charge on any atom is -0.390 e. The van der Waals surface area contributed by atoms with Crippen LogP contribution in [0.25, 0.3) is 0 Å². The molecular formula is C15H25N3O2S. The van der Waals surface area contributed by atoms with E-state index in [1.807, 2.05) is 19.2 Å². The summed E-state index contributed by atoms with van der Waals surface area (Å²) >= 11 is 1.52. The highest BCUT2D eigenvalue weighted by Crippen LogP contribution is 2.24. The van der Waals surface area contributed by atoms with Crippen LogP contribution >= 0.6 is 11.3 Å². The molecule has 1 amide bonds. The predicted octanol–water partition coefficient (Wildman–Crippen LogP) is 2.25. The smallest absolute Gasteiger partial charge is 0.225 e. The van der Waals surface area contributed by atoms with Crippen molar-refractivity contribution in [2.45, 2.75) is 52.2 Å². The van der Waals surface area contributed by atoms with Crippen LogP contribution in [-0.4, -0.2) is 46.1 Å². The van der Waals surface area contributed by atoms with Crippen LogP contribution in [0.5, 0.6) is 0 Å². The van der Waals surface area contributed by atoms with E-state index < -0.39 is 5.60 Å². The van der Waals surface area contributed by atoms with Crippen LogP contribution < -0.4 is 4.90 Å². The fourth-order valence-corrected chi connectivity index (χ4v) is 3.62. The van der Waals surface area contributed by atoms with E-state index >= 15 is 0 Å². The predicted molar refractivity (Wildman–Crippen MR) is 85.6 cm³/mol. The number of thiazole rings is 1. The number of rotatable bonds is 4. The number of anilines is 1. The van der Waals surface area contributed by atoms with Gasteiger partial charge in [0.1, 0.15) is 0 Å². The van der Waals surface area contributed by atoms with Gasteiger partial charge in [-0.2, -0.15) is 0 Å². The summed E-state index contributed by atoms with van der Waals surface area (Å²) in [6.07, 6.45) is 2.68. The number of carbonyl (C=O) groups excluding carboxylic acids is 1. The van der Waals surface area contributed by atoms with Crippen molar-refractivity contribution >= 4 is 22.4 Å². The normalized spacial score (nSPS) is 23.8. The molecule has 0 spiro atoms. The summed E-state index contributed by atoms with van der Waals surface area (Å²) in [5.41, 5.74) is 0.478. The highest BCUT2D eigenvalue weighted by Gasteiger charge is 2.25. The molecule has 0 bridgehead atoms. The molecule has 2 heterocycles. The van der Waals surface area contributed by atoms with Gasteiger partial charge in [0.2, 0.25) is 5.91 Å². The lowest BCUT2D eigenvalue weighted by Crippen LogP contribution is -2.29. The van der Waals surface area contributed by atoms with Crippen molar-refractivity contribution in [2.24, 2.45) is 0 Å². The van der Waals surface area contributed by atoms with Gasteiger partial charge in [-0.15, -0.1) is 11.3 Å². The first-order valence-corrected chi connectivity index (χ1v) is 8.46. The summed E-state index contributed by atoms with van der Waals surface area (Å²) in [7, 11) is 0. The Morgan fingerprint density at radius 3 is 2.95 bits per heavy atom. The van der Waals surface area contributed by atoms with Gasteiger partial charge in [-0.3, -0.25) is 14.6 Å². The molecule has 21 heavy (non-hydrogen) atoms. The maximum Gasteiger partial charge on any atom is 0.225 e. The summed E-state index contributed by atoms with van der Waals surface area (Å²) in [6.45, 7) is 8.78. The zero-order valence-corrected chi connectivity index (χ0v) is 13.9. The van der Waals surface area contributed by atoms with Crippen molar-refractivity contribution in [3.05, 3.63) is 11.1 Å². The van der Waals surface area contributed by atoms with E-state index in [0.29, 0.717) is 6.54 Å². The Hall–Kier alpha value is -0.980. The molecule has 1 atom stereocenters. The molecule has 0 radical (unpaired) electrons. The molecule has 1 aromatic rings. The van der Waals surface area contributed by atoms with Crippen LogP contribution in [0.1, 0.15) is 45.7 Å². The second-order valence-electron chi connectivity index (χ2n) is 6.01. The molecule has 118 valence electrons. The van der Waals surface area contributed by atoms with Crippen molar-refractivity contribution in [1.29, 1.82) is 0 Å². The van der Waals surface area contributed by atoms with E-state index in [9.17, 15) is 9.90 Å². The summed E-state index contributed by atoms with van der Waals surface area (Å²) in [6, 6.07) is 0. The molecule has 1 saturated heterocycles. The van der Waals surface area contributed by atoms with Crippen LogP contribution in [0, 0.1) is 0 Å². The van der Waals surface area contributed by atoms with Gasteiger partial charge in [-0.05, 0) is 39.7 Å². The zero-order chi connectivity index (χ0) is 15.5. The van der Waals surface area contributed by atoms with Gasteiger partial charge in [-0.1, -0.05) is 0 Å². The third kappa shape index (κ3) is 4.49. The quantitative estimate of drug-likeness (QED) is 0.926. The third-order valence-corrected chi connectivity index (χ3v) is 4.92. The Kier molecular flexibility index (Phi) is 5.35. The van der Waals surface area contributed by atoms with Gasteiger partial charge in [-0.25, -0.2) is 4.98 Å². The first-order valence-electron chi connectivity index (χ1n) is 7.58. The molecule has 1 fully saturated rings. The summed E-state index contributed by atoms with van der Waals surface area (Å²) in [5.74, 6) is 0.0317. The highest BCUT2D eigenvalue weighted by molar-refractivity contribution is 7.14. The monoisotopic (exact) mass is 311 g/mol. The average molecular weight is 311 g/mol. The molecule has 1 unspecified atom stereocenters. The number of aliphatic hydroxyl groups is 1. The molecule has 1 aliphatic heterocycles. The first-order chi connectivity index (χ1) is 9.91. The van der Waals surface area contributed by atoms with Crippen molar-refractivity contribution in [2.75, 3.05) is 24.5 Å². The van der Waals surface area contributed by atoms with Crippen LogP contribution in [0.3, 0.4) is 0 Å². The highest BCUT2D eigenvalue weighted by atomic mass is 32.1. The van der Waals surface area contributed by atoms with Crippen LogP contribution in [0.2, 0.25) is 0 Å². The fourth-order valence-electron chi connectivity index (χ4n) is 2.69. The lowest BCUT2D eigenvalue weighted by molar-refractivity contribution is -0.116. The van der Waals surface area contributed by atoms with Gasteiger partial charge >= 0.3 is 0 Å². The number of likely N-dealkylation sites (tertiary alicyclic amines) is 1. The Morgan fingerprint density at radius 2 is 2.29 bits per heavy atom. The van der Waals surface area contributed by atoms with Crippen LogP contribution in [-0.2, 0) is 11.3 Å². The Balaban J connectivity index is 1.97. The third-order valence-electron chi connectivity index (χ3n) is 4.01. The summed E-state index contributed by atoms with van der Waals surface area (Å²) in [5, 5.41) is 12.9. The fraction of sp³-hybridized carbons (Fsp3) is 0.733. The SMILES string of the molecule is CCN(C(C)=O)c1nc(CN2CCCC(C)(O)CC2)cs1. The first kappa shape index (κ1) is 16.4. The molecule has 1 aliphatic rings. The molecule has 0 aromatic carbocycles.